The van der Waals surface area contributed by atoms with Crippen molar-refractivity contribution >= 4 is 23.4 Å². The van der Waals surface area contributed by atoms with Gasteiger partial charge in [0, 0.05) is 23.5 Å². The zero-order valence-electron chi connectivity index (χ0n) is 12.5. The molecule has 1 aromatic rings. The molecule has 1 unspecified atom stereocenters. The molecule has 0 aliphatic heterocycles. The molecule has 21 heavy (non-hydrogen) atoms. The second-order valence-corrected chi connectivity index (χ2v) is 5.00. The van der Waals surface area contributed by atoms with Gasteiger partial charge in [0.15, 0.2) is 0 Å². The van der Waals surface area contributed by atoms with E-state index in [9.17, 15) is 4.79 Å². The standard InChI is InChI=1S/C16H23N3O2/c1-3-4-14(17)12-5-7-15(18)13(9-12)6-8-16(21)19-11(2)10-20/h5-9,11,17,20H,3-4,10,18H2,1-2H3,(H,19,21). The Kier molecular flexibility index (Phi) is 6.62. The second kappa shape index (κ2) is 8.21. The van der Waals surface area contributed by atoms with Crippen molar-refractivity contribution in [2.24, 2.45) is 0 Å². The van der Waals surface area contributed by atoms with Crippen molar-refractivity contribution in [3.05, 3.63) is 35.4 Å². The van der Waals surface area contributed by atoms with Crippen LogP contribution in [0.5, 0.6) is 0 Å². The Morgan fingerprint density at radius 2 is 2.24 bits per heavy atom. The van der Waals surface area contributed by atoms with Crippen molar-refractivity contribution in [2.75, 3.05) is 12.3 Å². The highest BCUT2D eigenvalue weighted by Gasteiger charge is 2.05. The summed E-state index contributed by atoms with van der Waals surface area (Å²) in [5.41, 5.74) is 8.53. The Morgan fingerprint density at radius 1 is 1.52 bits per heavy atom. The van der Waals surface area contributed by atoms with E-state index >= 15 is 0 Å². The van der Waals surface area contributed by atoms with E-state index in [0.29, 0.717) is 23.4 Å². The summed E-state index contributed by atoms with van der Waals surface area (Å²) in [6.45, 7) is 3.64. The van der Waals surface area contributed by atoms with Crippen molar-refractivity contribution in [3.63, 3.8) is 0 Å². The molecule has 0 saturated carbocycles. The summed E-state index contributed by atoms with van der Waals surface area (Å²) < 4.78 is 0. The van der Waals surface area contributed by atoms with Gasteiger partial charge in [-0.3, -0.25) is 4.79 Å². The molecule has 0 saturated heterocycles. The minimum absolute atomic E-state index is 0.106. The number of carbonyl (C=O) groups is 1. The van der Waals surface area contributed by atoms with Gasteiger partial charge in [-0.25, -0.2) is 0 Å². The highest BCUT2D eigenvalue weighted by Crippen LogP contribution is 2.17. The topological polar surface area (TPSA) is 99.2 Å². The third-order valence-electron chi connectivity index (χ3n) is 3.01. The maximum absolute atomic E-state index is 11.6. The van der Waals surface area contributed by atoms with Crippen LogP contribution in [-0.2, 0) is 4.79 Å². The number of hydrogen-bond donors (Lipinski definition) is 4. The van der Waals surface area contributed by atoms with Gasteiger partial charge in [0.2, 0.25) is 5.91 Å². The van der Waals surface area contributed by atoms with Crippen molar-refractivity contribution < 1.29 is 9.90 Å². The lowest BCUT2D eigenvalue weighted by molar-refractivity contribution is -0.117. The fourth-order valence-electron chi connectivity index (χ4n) is 1.80. The minimum Gasteiger partial charge on any atom is -0.398 e. The number of carbonyl (C=O) groups excluding carboxylic acids is 1. The summed E-state index contributed by atoms with van der Waals surface area (Å²) in [4.78, 5) is 11.6. The van der Waals surface area contributed by atoms with E-state index in [1.807, 2.05) is 19.1 Å². The fourth-order valence-corrected chi connectivity index (χ4v) is 1.80. The number of nitrogens with one attached hydrogen (secondary N) is 2. The molecule has 0 radical (unpaired) electrons. The van der Waals surface area contributed by atoms with Gasteiger partial charge >= 0.3 is 0 Å². The van der Waals surface area contributed by atoms with E-state index in [0.717, 1.165) is 12.0 Å². The maximum Gasteiger partial charge on any atom is 0.244 e. The van der Waals surface area contributed by atoms with Crippen LogP contribution < -0.4 is 11.1 Å². The summed E-state index contributed by atoms with van der Waals surface area (Å²) in [5, 5.41) is 19.5. The van der Waals surface area contributed by atoms with Crippen LogP contribution in [0.4, 0.5) is 5.69 Å². The molecule has 0 fully saturated rings. The van der Waals surface area contributed by atoms with Gasteiger partial charge in [-0.15, -0.1) is 0 Å². The molecule has 0 aromatic heterocycles. The molecule has 114 valence electrons. The molecule has 0 spiro atoms. The van der Waals surface area contributed by atoms with Crippen LogP contribution in [0.2, 0.25) is 0 Å². The third kappa shape index (κ3) is 5.39. The first-order valence-electron chi connectivity index (χ1n) is 7.04. The van der Waals surface area contributed by atoms with E-state index < -0.39 is 0 Å². The van der Waals surface area contributed by atoms with Crippen molar-refractivity contribution in [1.29, 1.82) is 5.41 Å². The van der Waals surface area contributed by atoms with E-state index in [1.165, 1.54) is 6.08 Å². The summed E-state index contributed by atoms with van der Waals surface area (Å²) in [6.07, 6.45) is 4.62. The molecule has 5 heteroatoms. The smallest absolute Gasteiger partial charge is 0.244 e. The lowest BCUT2D eigenvalue weighted by Crippen LogP contribution is -2.33. The molecule has 1 rings (SSSR count). The predicted octanol–water partition coefficient (Wildman–Crippen LogP) is 1.95. The summed E-state index contributed by atoms with van der Waals surface area (Å²) in [6, 6.07) is 5.09. The molecular weight excluding hydrogens is 266 g/mol. The van der Waals surface area contributed by atoms with Crippen LogP contribution >= 0.6 is 0 Å². The number of benzene rings is 1. The maximum atomic E-state index is 11.6. The Hall–Kier alpha value is -2.14. The van der Waals surface area contributed by atoms with Crippen LogP contribution in [0.25, 0.3) is 6.08 Å². The number of hydrogen-bond acceptors (Lipinski definition) is 4. The predicted molar refractivity (Wildman–Crippen MR) is 86.3 cm³/mol. The summed E-state index contributed by atoms with van der Waals surface area (Å²) in [5.74, 6) is -0.287. The molecule has 1 atom stereocenters. The number of aliphatic hydroxyl groups is 1. The Balaban J connectivity index is 2.85. The molecule has 0 bridgehead atoms. The summed E-state index contributed by atoms with van der Waals surface area (Å²) >= 11 is 0. The molecule has 0 heterocycles. The monoisotopic (exact) mass is 289 g/mol. The minimum atomic E-state index is -0.288. The van der Waals surface area contributed by atoms with Crippen LogP contribution in [0.3, 0.4) is 0 Å². The van der Waals surface area contributed by atoms with Gasteiger partial charge < -0.3 is 21.6 Å². The van der Waals surface area contributed by atoms with Gasteiger partial charge in [0.05, 0.1) is 6.61 Å². The molecule has 1 amide bonds. The van der Waals surface area contributed by atoms with Gasteiger partial charge in [-0.2, -0.15) is 0 Å². The van der Waals surface area contributed by atoms with E-state index in [-0.39, 0.29) is 18.6 Å². The third-order valence-corrected chi connectivity index (χ3v) is 3.01. The molecule has 1 aromatic carbocycles. The summed E-state index contributed by atoms with van der Waals surface area (Å²) in [7, 11) is 0. The quantitative estimate of drug-likeness (QED) is 0.351. The molecule has 5 nitrogen and oxygen atoms in total. The van der Waals surface area contributed by atoms with E-state index in [4.69, 9.17) is 16.2 Å². The van der Waals surface area contributed by atoms with Gasteiger partial charge in [0.25, 0.3) is 0 Å². The Bertz CT molecular complexity index is 538. The zero-order chi connectivity index (χ0) is 15.8. The average molecular weight is 289 g/mol. The number of aliphatic hydroxyl groups excluding tert-OH is 1. The number of rotatable bonds is 7. The van der Waals surface area contributed by atoms with E-state index in [2.05, 4.69) is 5.32 Å². The molecule has 0 aliphatic carbocycles. The fraction of sp³-hybridized carbons (Fsp3) is 0.375. The number of nitrogens with two attached hydrogens (primary N) is 1. The van der Waals surface area contributed by atoms with Gasteiger partial charge in [0.1, 0.15) is 0 Å². The van der Waals surface area contributed by atoms with E-state index in [1.54, 1.807) is 19.1 Å². The second-order valence-electron chi connectivity index (χ2n) is 5.00. The Labute approximate surface area is 125 Å². The highest BCUT2D eigenvalue weighted by molar-refractivity contribution is 5.99. The normalized spacial score (nSPS) is 12.3. The first-order valence-corrected chi connectivity index (χ1v) is 7.04. The average Bonchev–Trinajstić information content (AvgIpc) is 2.46. The highest BCUT2D eigenvalue weighted by atomic mass is 16.3. The number of amides is 1. The van der Waals surface area contributed by atoms with Crippen LogP contribution in [-0.4, -0.2) is 29.4 Å². The SMILES string of the molecule is CCCC(=N)c1ccc(N)c(C=CC(=O)NC(C)CO)c1. The van der Waals surface area contributed by atoms with Gasteiger partial charge in [-0.05, 0) is 42.7 Å². The largest absolute Gasteiger partial charge is 0.398 e. The zero-order valence-corrected chi connectivity index (χ0v) is 12.5. The number of anilines is 1. The first-order chi connectivity index (χ1) is 9.97. The molecule has 0 aliphatic rings. The molecule has 5 N–H and O–H groups in total. The van der Waals surface area contributed by atoms with Crippen molar-refractivity contribution in [2.45, 2.75) is 32.7 Å². The number of nitrogen functional groups attached to an aromatic ring is 1. The lowest BCUT2D eigenvalue weighted by atomic mass is 10.0. The van der Waals surface area contributed by atoms with Crippen molar-refractivity contribution in [1.82, 2.24) is 5.32 Å². The first kappa shape index (κ1) is 16.9. The van der Waals surface area contributed by atoms with Crippen LogP contribution in [0.1, 0.15) is 37.8 Å². The van der Waals surface area contributed by atoms with Gasteiger partial charge in [-0.1, -0.05) is 19.4 Å². The van der Waals surface area contributed by atoms with Crippen LogP contribution in [0.15, 0.2) is 24.3 Å². The van der Waals surface area contributed by atoms with Crippen molar-refractivity contribution in [3.8, 4) is 0 Å². The lowest BCUT2D eigenvalue weighted by Gasteiger charge is -2.08. The van der Waals surface area contributed by atoms with Crippen LogP contribution in [0, 0.1) is 5.41 Å². The molecular formula is C16H23N3O2. The Morgan fingerprint density at radius 3 is 2.86 bits per heavy atom.